The van der Waals surface area contributed by atoms with Crippen LogP contribution in [-0.4, -0.2) is 50.8 Å². The molecule has 0 bridgehead atoms. The van der Waals surface area contributed by atoms with Gasteiger partial charge in [0.1, 0.15) is 0 Å². The molecule has 22 heavy (non-hydrogen) atoms. The lowest BCUT2D eigenvalue weighted by atomic mass is 10.1. The van der Waals surface area contributed by atoms with Crippen LogP contribution in [0.25, 0.3) is 0 Å². The SMILES string of the molecule is CCN(CC)C(CNC(=O)NCCOC)c1ccc(Cl)cc1. The van der Waals surface area contributed by atoms with Gasteiger partial charge >= 0.3 is 6.03 Å². The molecule has 0 saturated carbocycles. The Bertz CT molecular complexity index is 436. The molecule has 2 N–H and O–H groups in total. The Kier molecular flexibility index (Phi) is 8.89. The van der Waals surface area contributed by atoms with Crippen LogP contribution in [-0.2, 0) is 4.74 Å². The van der Waals surface area contributed by atoms with Gasteiger partial charge in [0.15, 0.2) is 0 Å². The Labute approximate surface area is 138 Å². The maximum absolute atomic E-state index is 11.8. The molecule has 0 fully saturated rings. The molecule has 1 rings (SSSR count). The largest absolute Gasteiger partial charge is 0.383 e. The summed E-state index contributed by atoms with van der Waals surface area (Å²) in [5.74, 6) is 0. The van der Waals surface area contributed by atoms with E-state index in [0.717, 1.165) is 18.7 Å². The number of methoxy groups -OCH3 is 1. The number of carbonyl (C=O) groups excluding carboxylic acids is 1. The molecule has 6 heteroatoms. The van der Waals surface area contributed by atoms with Crippen LogP contribution in [0.2, 0.25) is 5.02 Å². The van der Waals surface area contributed by atoms with Crippen molar-refractivity contribution in [2.24, 2.45) is 0 Å². The van der Waals surface area contributed by atoms with Crippen molar-refractivity contribution in [1.82, 2.24) is 15.5 Å². The number of hydrogen-bond donors (Lipinski definition) is 2. The van der Waals surface area contributed by atoms with E-state index < -0.39 is 0 Å². The van der Waals surface area contributed by atoms with Gasteiger partial charge in [-0.25, -0.2) is 4.79 Å². The molecule has 0 aliphatic carbocycles. The monoisotopic (exact) mass is 327 g/mol. The van der Waals surface area contributed by atoms with E-state index in [1.807, 2.05) is 24.3 Å². The molecule has 0 heterocycles. The molecule has 0 aliphatic rings. The minimum absolute atomic E-state index is 0.125. The van der Waals surface area contributed by atoms with Crippen molar-refractivity contribution >= 4 is 17.6 Å². The summed E-state index contributed by atoms with van der Waals surface area (Å²) in [6, 6.07) is 7.73. The van der Waals surface area contributed by atoms with Gasteiger partial charge in [-0.3, -0.25) is 4.90 Å². The highest BCUT2D eigenvalue weighted by Gasteiger charge is 2.18. The molecule has 1 aromatic rings. The number of likely N-dealkylation sites (N-methyl/N-ethyl adjacent to an activating group) is 1. The summed E-state index contributed by atoms with van der Waals surface area (Å²) in [7, 11) is 1.61. The fourth-order valence-electron chi connectivity index (χ4n) is 2.33. The average Bonchev–Trinajstić information content (AvgIpc) is 2.53. The second-order valence-electron chi connectivity index (χ2n) is 4.92. The first kappa shape index (κ1) is 18.7. The predicted molar refractivity (Wildman–Crippen MR) is 90.4 cm³/mol. The van der Waals surface area contributed by atoms with Gasteiger partial charge in [0, 0.05) is 25.2 Å². The van der Waals surface area contributed by atoms with Crippen molar-refractivity contribution in [2.45, 2.75) is 19.9 Å². The maximum atomic E-state index is 11.8. The number of halogens is 1. The molecule has 0 aromatic heterocycles. The zero-order valence-corrected chi connectivity index (χ0v) is 14.3. The zero-order valence-electron chi connectivity index (χ0n) is 13.6. The van der Waals surface area contributed by atoms with E-state index in [0.29, 0.717) is 24.7 Å². The number of nitrogens with zero attached hydrogens (tertiary/aromatic N) is 1. The lowest BCUT2D eigenvalue weighted by molar-refractivity contribution is 0.191. The Morgan fingerprint density at radius 1 is 1.23 bits per heavy atom. The van der Waals surface area contributed by atoms with Gasteiger partial charge in [0.2, 0.25) is 0 Å². The van der Waals surface area contributed by atoms with Crippen LogP contribution in [0.4, 0.5) is 4.79 Å². The van der Waals surface area contributed by atoms with E-state index >= 15 is 0 Å². The number of nitrogens with one attached hydrogen (secondary N) is 2. The van der Waals surface area contributed by atoms with Crippen LogP contribution in [0.1, 0.15) is 25.5 Å². The second-order valence-corrected chi connectivity index (χ2v) is 5.35. The van der Waals surface area contributed by atoms with E-state index in [9.17, 15) is 4.79 Å². The van der Waals surface area contributed by atoms with E-state index in [1.165, 1.54) is 0 Å². The van der Waals surface area contributed by atoms with Crippen molar-refractivity contribution in [3.8, 4) is 0 Å². The molecular weight excluding hydrogens is 302 g/mol. The Balaban J connectivity index is 2.66. The fraction of sp³-hybridized carbons (Fsp3) is 0.562. The van der Waals surface area contributed by atoms with Crippen LogP contribution < -0.4 is 10.6 Å². The summed E-state index contributed by atoms with van der Waals surface area (Å²) in [5.41, 5.74) is 1.14. The van der Waals surface area contributed by atoms with E-state index in [2.05, 4.69) is 29.4 Å². The summed E-state index contributed by atoms with van der Waals surface area (Å²) in [4.78, 5) is 14.1. The lowest BCUT2D eigenvalue weighted by Crippen LogP contribution is -2.43. The fourth-order valence-corrected chi connectivity index (χ4v) is 2.45. The molecule has 5 nitrogen and oxygen atoms in total. The third-order valence-electron chi connectivity index (χ3n) is 3.56. The molecule has 0 aliphatic heterocycles. The molecule has 124 valence electrons. The van der Waals surface area contributed by atoms with Gasteiger partial charge in [-0.05, 0) is 30.8 Å². The van der Waals surface area contributed by atoms with Gasteiger partial charge in [-0.2, -0.15) is 0 Å². The van der Waals surface area contributed by atoms with Crippen molar-refractivity contribution in [2.75, 3.05) is 39.9 Å². The Morgan fingerprint density at radius 3 is 2.41 bits per heavy atom. The molecule has 0 radical (unpaired) electrons. The maximum Gasteiger partial charge on any atom is 0.314 e. The summed E-state index contributed by atoms with van der Waals surface area (Å²) in [6.07, 6.45) is 0. The quantitative estimate of drug-likeness (QED) is 0.686. The molecule has 1 unspecified atom stereocenters. The number of ether oxygens (including phenoxy) is 1. The molecule has 1 atom stereocenters. The first-order valence-electron chi connectivity index (χ1n) is 7.62. The van der Waals surface area contributed by atoms with Crippen LogP contribution in [0.3, 0.4) is 0 Å². The summed E-state index contributed by atoms with van der Waals surface area (Å²) in [6.45, 7) is 7.61. The number of carbonyl (C=O) groups is 1. The third-order valence-corrected chi connectivity index (χ3v) is 3.81. The van der Waals surface area contributed by atoms with Crippen LogP contribution in [0.15, 0.2) is 24.3 Å². The summed E-state index contributed by atoms with van der Waals surface area (Å²) < 4.78 is 4.91. The number of urea groups is 1. The van der Waals surface area contributed by atoms with Gasteiger partial charge in [-0.1, -0.05) is 37.6 Å². The van der Waals surface area contributed by atoms with E-state index in [1.54, 1.807) is 7.11 Å². The average molecular weight is 328 g/mol. The Hall–Kier alpha value is -1.30. The Morgan fingerprint density at radius 2 is 1.86 bits per heavy atom. The number of rotatable bonds is 9. The molecule has 0 spiro atoms. The van der Waals surface area contributed by atoms with Gasteiger partial charge < -0.3 is 15.4 Å². The molecular formula is C16H26ClN3O2. The zero-order chi connectivity index (χ0) is 16.4. The summed E-state index contributed by atoms with van der Waals surface area (Å²) in [5, 5.41) is 6.40. The number of benzene rings is 1. The van der Waals surface area contributed by atoms with Crippen LogP contribution >= 0.6 is 11.6 Å². The van der Waals surface area contributed by atoms with Gasteiger partial charge in [-0.15, -0.1) is 0 Å². The smallest absolute Gasteiger partial charge is 0.314 e. The first-order chi connectivity index (χ1) is 10.6. The summed E-state index contributed by atoms with van der Waals surface area (Å²) >= 11 is 5.96. The number of hydrogen-bond acceptors (Lipinski definition) is 3. The molecule has 1 aromatic carbocycles. The minimum Gasteiger partial charge on any atom is -0.383 e. The molecule has 0 saturated heterocycles. The highest BCUT2D eigenvalue weighted by atomic mass is 35.5. The highest BCUT2D eigenvalue weighted by molar-refractivity contribution is 6.30. The van der Waals surface area contributed by atoms with Gasteiger partial charge in [0.25, 0.3) is 0 Å². The standard InChI is InChI=1S/C16H26ClN3O2/c1-4-20(5-2)15(13-6-8-14(17)9-7-13)12-19-16(21)18-10-11-22-3/h6-9,15H,4-5,10-12H2,1-3H3,(H2,18,19,21). The normalized spacial score (nSPS) is 12.2. The predicted octanol–water partition coefficient (Wildman–Crippen LogP) is 2.67. The lowest BCUT2D eigenvalue weighted by Gasteiger charge is -2.30. The number of amides is 2. The first-order valence-corrected chi connectivity index (χ1v) is 8.00. The highest BCUT2D eigenvalue weighted by Crippen LogP contribution is 2.21. The van der Waals surface area contributed by atoms with Gasteiger partial charge in [0.05, 0.1) is 12.6 Å². The minimum atomic E-state index is -0.178. The molecule has 2 amide bonds. The van der Waals surface area contributed by atoms with Crippen molar-refractivity contribution in [3.63, 3.8) is 0 Å². The van der Waals surface area contributed by atoms with Crippen LogP contribution in [0, 0.1) is 0 Å². The van der Waals surface area contributed by atoms with E-state index in [-0.39, 0.29) is 12.1 Å². The van der Waals surface area contributed by atoms with Crippen molar-refractivity contribution in [3.05, 3.63) is 34.9 Å². The van der Waals surface area contributed by atoms with Crippen molar-refractivity contribution < 1.29 is 9.53 Å². The third kappa shape index (κ3) is 6.22. The van der Waals surface area contributed by atoms with Crippen LogP contribution in [0.5, 0.6) is 0 Å². The van der Waals surface area contributed by atoms with E-state index in [4.69, 9.17) is 16.3 Å². The topological polar surface area (TPSA) is 53.6 Å². The second kappa shape index (κ2) is 10.4. The van der Waals surface area contributed by atoms with Crippen molar-refractivity contribution in [1.29, 1.82) is 0 Å².